The number of alkyl carbamates (subject to hydrolysis) is 1. The Labute approximate surface area is 320 Å². The fourth-order valence-electron chi connectivity index (χ4n) is 8.08. The largest absolute Gasteiger partial charge is 0.465 e. The van der Waals surface area contributed by atoms with E-state index in [-0.39, 0.29) is 41.1 Å². The van der Waals surface area contributed by atoms with Gasteiger partial charge in [-0.25, -0.2) is 19.6 Å². The summed E-state index contributed by atoms with van der Waals surface area (Å²) in [4.78, 5) is 70.5. The molecule has 3 aliphatic rings. The number of aromatic nitrogens is 4. The van der Waals surface area contributed by atoms with Gasteiger partial charge in [-0.05, 0) is 71.6 Å². The average molecular weight is 751 g/mol. The molecular weight excluding hydrogens is 701 g/mol. The number of methoxy groups -OCH3 is 1. The predicted molar refractivity (Wildman–Crippen MR) is 205 cm³/mol. The monoisotopic (exact) mass is 750 g/mol. The molecule has 1 saturated carbocycles. The van der Waals surface area contributed by atoms with Crippen LogP contribution in [0, 0.1) is 17.3 Å². The van der Waals surface area contributed by atoms with Crippen molar-refractivity contribution in [2.45, 2.75) is 84.0 Å². The van der Waals surface area contributed by atoms with E-state index in [2.05, 4.69) is 49.9 Å². The fraction of sp³-hybridized carbons (Fsp3) is 0.463. The lowest BCUT2D eigenvalue weighted by Gasteiger charge is -2.30. The van der Waals surface area contributed by atoms with Crippen molar-refractivity contribution >= 4 is 24.0 Å². The highest BCUT2D eigenvalue weighted by Crippen LogP contribution is 2.58. The minimum Gasteiger partial charge on any atom is -0.465 e. The standard InChI is InChI=1S/C41H50N8O6/c1-23(2)33(46-39(52)53)38(51)49-22-41(16-17-41)19-32(49)36-43-21-30(45-36)28-14-10-26(11-15-28)25-8-12-27(13-9-25)29-20-42-35(44-29)31-7-6-18-48(31)37(50)34(24(3)4)47-40(54)55-5/h8-15,20-21,23-24,31-34,46H,6-7,16-19,22H2,1-5H3,(H,42,44)(H,43,45)(H,47,54)(H,52,53). The van der Waals surface area contributed by atoms with E-state index in [1.807, 2.05) is 56.9 Å². The zero-order chi connectivity index (χ0) is 39.0. The third-order valence-electron chi connectivity index (χ3n) is 11.4. The van der Waals surface area contributed by atoms with Crippen LogP contribution in [0.1, 0.15) is 83.5 Å². The second-order valence-corrected chi connectivity index (χ2v) is 15.9. The number of carbonyl (C=O) groups excluding carboxylic acids is 3. The van der Waals surface area contributed by atoms with Gasteiger partial charge < -0.3 is 40.2 Å². The first-order valence-electron chi connectivity index (χ1n) is 19.1. The van der Waals surface area contributed by atoms with Gasteiger partial charge in [-0.15, -0.1) is 0 Å². The number of amides is 4. The minimum atomic E-state index is -1.20. The van der Waals surface area contributed by atoms with Crippen molar-refractivity contribution in [1.82, 2.24) is 40.4 Å². The van der Waals surface area contributed by atoms with Crippen molar-refractivity contribution in [2.24, 2.45) is 17.3 Å². The molecule has 4 atom stereocenters. The van der Waals surface area contributed by atoms with Crippen LogP contribution in [0.4, 0.5) is 9.59 Å². The van der Waals surface area contributed by atoms with Crippen molar-refractivity contribution in [2.75, 3.05) is 20.2 Å². The van der Waals surface area contributed by atoms with Crippen LogP contribution in [0.25, 0.3) is 33.6 Å². The molecule has 2 aliphatic heterocycles. The summed E-state index contributed by atoms with van der Waals surface area (Å²) >= 11 is 0. The number of ether oxygens (including phenoxy) is 1. The molecule has 4 heterocycles. The van der Waals surface area contributed by atoms with E-state index in [1.54, 1.807) is 17.3 Å². The van der Waals surface area contributed by atoms with Gasteiger partial charge in [-0.3, -0.25) is 9.59 Å². The van der Waals surface area contributed by atoms with Gasteiger partial charge >= 0.3 is 12.2 Å². The van der Waals surface area contributed by atoms with Crippen molar-refractivity contribution in [1.29, 1.82) is 0 Å². The number of rotatable bonds is 11. The molecule has 7 rings (SSSR count). The van der Waals surface area contributed by atoms with Gasteiger partial charge in [0.05, 0.1) is 43.0 Å². The van der Waals surface area contributed by atoms with E-state index in [9.17, 15) is 24.3 Å². The number of nitrogens with zero attached hydrogens (tertiary/aromatic N) is 4. The molecule has 2 aromatic heterocycles. The van der Waals surface area contributed by atoms with Crippen LogP contribution >= 0.6 is 0 Å². The third kappa shape index (κ3) is 7.80. The molecule has 290 valence electrons. The molecule has 55 heavy (non-hydrogen) atoms. The molecule has 2 aromatic carbocycles. The van der Waals surface area contributed by atoms with E-state index in [0.29, 0.717) is 18.9 Å². The van der Waals surface area contributed by atoms with Crippen LogP contribution in [0.2, 0.25) is 0 Å². The van der Waals surface area contributed by atoms with Crippen molar-refractivity contribution < 1.29 is 29.0 Å². The number of likely N-dealkylation sites (tertiary alicyclic amines) is 2. The van der Waals surface area contributed by atoms with Crippen molar-refractivity contribution in [3.63, 3.8) is 0 Å². The van der Waals surface area contributed by atoms with E-state index in [1.165, 1.54) is 7.11 Å². The normalized spacial score (nSPS) is 19.8. The quantitative estimate of drug-likeness (QED) is 0.115. The Morgan fingerprint density at radius 3 is 1.75 bits per heavy atom. The summed E-state index contributed by atoms with van der Waals surface area (Å²) in [6.45, 7) is 8.70. The maximum Gasteiger partial charge on any atom is 0.407 e. The number of carboxylic acid groups (broad SMARTS) is 1. The summed E-state index contributed by atoms with van der Waals surface area (Å²) < 4.78 is 4.75. The van der Waals surface area contributed by atoms with Gasteiger partial charge in [0.2, 0.25) is 11.8 Å². The zero-order valence-electron chi connectivity index (χ0n) is 32.0. The summed E-state index contributed by atoms with van der Waals surface area (Å²) in [5, 5.41) is 14.5. The molecule has 2 saturated heterocycles. The molecule has 1 aliphatic carbocycles. The van der Waals surface area contributed by atoms with E-state index in [4.69, 9.17) is 9.72 Å². The van der Waals surface area contributed by atoms with Gasteiger partial charge in [-0.2, -0.15) is 0 Å². The minimum absolute atomic E-state index is 0.0927. The van der Waals surface area contributed by atoms with E-state index >= 15 is 0 Å². The van der Waals surface area contributed by atoms with Crippen LogP contribution in [0.3, 0.4) is 0 Å². The summed E-state index contributed by atoms with van der Waals surface area (Å²) in [6.07, 6.45) is 6.33. The van der Waals surface area contributed by atoms with Crippen molar-refractivity contribution in [3.8, 4) is 33.6 Å². The van der Waals surface area contributed by atoms with Gasteiger partial charge in [0.25, 0.3) is 0 Å². The number of hydrogen-bond acceptors (Lipinski definition) is 7. The van der Waals surface area contributed by atoms with Crippen LogP contribution in [-0.4, -0.2) is 91.1 Å². The highest BCUT2D eigenvalue weighted by Gasteiger charge is 2.55. The van der Waals surface area contributed by atoms with E-state index in [0.717, 1.165) is 71.6 Å². The number of benzene rings is 2. The Hall–Kier alpha value is -5.66. The lowest BCUT2D eigenvalue weighted by molar-refractivity contribution is -0.136. The zero-order valence-corrected chi connectivity index (χ0v) is 32.0. The Kier molecular flexibility index (Phi) is 10.4. The SMILES string of the molecule is COC(=O)NC(C(=O)N1CCCC1c1ncc(-c2ccc(-c3ccc(-c4cnc(C5CC6(CC6)CN5C(=O)C(NC(=O)O)C(C)C)[nH]4)cc3)cc2)[nH]1)C(C)C. The number of nitrogens with one attached hydrogen (secondary N) is 4. The smallest absolute Gasteiger partial charge is 0.407 e. The molecule has 0 radical (unpaired) electrons. The number of H-pyrrole nitrogens is 2. The number of aromatic amines is 2. The molecule has 4 unspecified atom stereocenters. The summed E-state index contributed by atoms with van der Waals surface area (Å²) in [5.74, 6) is 0.798. The summed E-state index contributed by atoms with van der Waals surface area (Å²) in [7, 11) is 1.29. The lowest BCUT2D eigenvalue weighted by atomic mass is 10.0. The summed E-state index contributed by atoms with van der Waals surface area (Å²) in [5.41, 5.74) is 5.83. The average Bonchev–Trinajstić information content (AvgIpc) is 3.71. The fourth-order valence-corrected chi connectivity index (χ4v) is 8.08. The van der Waals surface area contributed by atoms with Crippen LogP contribution in [-0.2, 0) is 14.3 Å². The topological polar surface area (TPSA) is 186 Å². The third-order valence-corrected chi connectivity index (χ3v) is 11.4. The number of imidazole rings is 2. The first kappa shape index (κ1) is 37.6. The Balaban J connectivity index is 1.02. The first-order valence-corrected chi connectivity index (χ1v) is 19.1. The lowest BCUT2D eigenvalue weighted by Crippen LogP contribution is -2.51. The maximum atomic E-state index is 13.7. The Morgan fingerprint density at radius 2 is 1.25 bits per heavy atom. The molecular formula is C41H50N8O6. The molecule has 5 N–H and O–H groups in total. The van der Waals surface area contributed by atoms with Gasteiger partial charge in [0.1, 0.15) is 23.7 Å². The molecule has 14 nitrogen and oxygen atoms in total. The Morgan fingerprint density at radius 1 is 0.764 bits per heavy atom. The summed E-state index contributed by atoms with van der Waals surface area (Å²) in [6, 6.07) is 14.5. The second kappa shape index (κ2) is 15.2. The highest BCUT2D eigenvalue weighted by molar-refractivity contribution is 5.87. The second-order valence-electron chi connectivity index (χ2n) is 15.9. The van der Waals surface area contributed by atoms with Gasteiger partial charge in [0, 0.05) is 13.1 Å². The molecule has 3 fully saturated rings. The molecule has 4 aromatic rings. The van der Waals surface area contributed by atoms with Crippen LogP contribution < -0.4 is 10.6 Å². The maximum absolute atomic E-state index is 13.7. The molecule has 14 heteroatoms. The van der Waals surface area contributed by atoms with Crippen LogP contribution in [0.15, 0.2) is 60.9 Å². The van der Waals surface area contributed by atoms with E-state index < -0.39 is 24.3 Å². The van der Waals surface area contributed by atoms with Crippen molar-refractivity contribution in [3.05, 3.63) is 72.6 Å². The molecule has 4 amide bonds. The van der Waals surface area contributed by atoms with Gasteiger partial charge in [0.15, 0.2) is 0 Å². The molecule has 0 bridgehead atoms. The predicted octanol–water partition coefficient (Wildman–Crippen LogP) is 6.52. The first-order chi connectivity index (χ1) is 26.4. The number of hydrogen-bond donors (Lipinski definition) is 5. The Bertz CT molecular complexity index is 2030. The highest BCUT2D eigenvalue weighted by atomic mass is 16.5. The molecule has 1 spiro atoms. The number of carbonyl (C=O) groups is 4. The van der Waals surface area contributed by atoms with Crippen LogP contribution in [0.5, 0.6) is 0 Å². The van der Waals surface area contributed by atoms with Gasteiger partial charge in [-0.1, -0.05) is 76.2 Å².